The number of aliphatic hydroxyl groups excluding tert-OH is 1. The van der Waals surface area contributed by atoms with Crippen LogP contribution in [0.4, 0.5) is 9.18 Å². The van der Waals surface area contributed by atoms with Crippen molar-refractivity contribution in [1.29, 1.82) is 0 Å². The summed E-state index contributed by atoms with van der Waals surface area (Å²) < 4.78 is 13.0. The van der Waals surface area contributed by atoms with E-state index in [0.29, 0.717) is 13.1 Å². The number of carbonyl (C=O) groups excluding carboxylic acids is 2. The second-order valence-corrected chi connectivity index (χ2v) is 8.14. The Morgan fingerprint density at radius 3 is 2.34 bits per heavy atom. The van der Waals surface area contributed by atoms with Gasteiger partial charge in [-0.05, 0) is 48.4 Å². The lowest BCUT2D eigenvalue weighted by Crippen LogP contribution is -2.73. The van der Waals surface area contributed by atoms with Gasteiger partial charge in [-0.1, -0.05) is 30.9 Å². The summed E-state index contributed by atoms with van der Waals surface area (Å²) >= 11 is 0. The van der Waals surface area contributed by atoms with Crippen molar-refractivity contribution < 1.29 is 19.1 Å². The van der Waals surface area contributed by atoms with Crippen molar-refractivity contribution in [3.8, 4) is 11.8 Å². The molecule has 3 amide bonds. The third-order valence-corrected chi connectivity index (χ3v) is 6.06. The first kappa shape index (κ1) is 21.8. The number of halogens is 1. The van der Waals surface area contributed by atoms with E-state index < -0.39 is 0 Å². The molecule has 0 aromatic heterocycles. The Kier molecular flexibility index (Phi) is 6.42. The minimum absolute atomic E-state index is 0.0349. The van der Waals surface area contributed by atoms with Gasteiger partial charge in [0.2, 0.25) is 5.91 Å². The molecule has 2 aliphatic heterocycles. The SMILES string of the molecule is CCCNC(=O)N1CC(=O)N2[C@@H](CO)[C@@H](c3ccc(C#Cc4ccc(F)cc4)cc3)[C@@H]2C1. The summed E-state index contributed by atoms with van der Waals surface area (Å²) in [6.07, 6.45) is 0.828. The van der Waals surface area contributed by atoms with Gasteiger partial charge in [-0.15, -0.1) is 0 Å². The van der Waals surface area contributed by atoms with Gasteiger partial charge in [0, 0.05) is 30.1 Å². The quantitative estimate of drug-likeness (QED) is 0.724. The van der Waals surface area contributed by atoms with Crippen LogP contribution in [0.25, 0.3) is 0 Å². The molecule has 0 unspecified atom stereocenters. The van der Waals surface area contributed by atoms with Crippen molar-refractivity contribution in [1.82, 2.24) is 15.1 Å². The highest BCUT2D eigenvalue weighted by molar-refractivity contribution is 5.87. The van der Waals surface area contributed by atoms with Gasteiger partial charge in [0.15, 0.2) is 0 Å². The van der Waals surface area contributed by atoms with Crippen molar-refractivity contribution in [2.24, 2.45) is 0 Å². The maximum Gasteiger partial charge on any atom is 0.317 e. The number of rotatable bonds is 4. The van der Waals surface area contributed by atoms with Crippen LogP contribution in [-0.4, -0.2) is 65.2 Å². The summed E-state index contributed by atoms with van der Waals surface area (Å²) in [4.78, 5) is 28.3. The van der Waals surface area contributed by atoms with Gasteiger partial charge in [0.05, 0.1) is 18.7 Å². The number of amides is 3. The lowest BCUT2D eigenvalue weighted by Gasteiger charge is -2.58. The predicted octanol–water partition coefficient (Wildman–Crippen LogP) is 2.32. The largest absolute Gasteiger partial charge is 0.394 e. The smallest absolute Gasteiger partial charge is 0.317 e. The zero-order valence-electron chi connectivity index (χ0n) is 17.9. The van der Waals surface area contributed by atoms with Crippen LogP contribution in [-0.2, 0) is 4.79 Å². The van der Waals surface area contributed by atoms with Crippen molar-refractivity contribution in [2.75, 3.05) is 26.2 Å². The molecule has 2 N–H and O–H groups in total. The van der Waals surface area contributed by atoms with E-state index in [2.05, 4.69) is 17.2 Å². The first-order valence-electron chi connectivity index (χ1n) is 10.8. The average Bonchev–Trinajstić information content (AvgIpc) is 2.79. The molecule has 0 spiro atoms. The Labute approximate surface area is 187 Å². The highest BCUT2D eigenvalue weighted by atomic mass is 19.1. The summed E-state index contributed by atoms with van der Waals surface area (Å²) in [7, 11) is 0. The number of piperazine rings is 1. The Balaban J connectivity index is 1.49. The molecule has 7 heteroatoms. The summed E-state index contributed by atoms with van der Waals surface area (Å²) in [6, 6.07) is 13.1. The summed E-state index contributed by atoms with van der Waals surface area (Å²) in [6.45, 7) is 2.90. The van der Waals surface area contributed by atoms with E-state index in [-0.39, 0.29) is 48.9 Å². The molecule has 166 valence electrons. The van der Waals surface area contributed by atoms with Gasteiger partial charge < -0.3 is 20.2 Å². The van der Waals surface area contributed by atoms with Gasteiger partial charge in [0.1, 0.15) is 12.4 Å². The molecular weight excluding hydrogens is 409 g/mol. The van der Waals surface area contributed by atoms with E-state index in [9.17, 15) is 19.1 Å². The van der Waals surface area contributed by atoms with Crippen LogP contribution in [0, 0.1) is 17.7 Å². The number of hydrogen-bond acceptors (Lipinski definition) is 3. The van der Waals surface area contributed by atoms with Crippen molar-refractivity contribution >= 4 is 11.9 Å². The second-order valence-electron chi connectivity index (χ2n) is 8.14. The lowest BCUT2D eigenvalue weighted by molar-refractivity contribution is -0.159. The predicted molar refractivity (Wildman–Crippen MR) is 118 cm³/mol. The van der Waals surface area contributed by atoms with E-state index in [1.54, 1.807) is 21.9 Å². The second kappa shape index (κ2) is 9.41. The highest BCUT2D eigenvalue weighted by Crippen LogP contribution is 2.42. The summed E-state index contributed by atoms with van der Waals surface area (Å²) in [5, 5.41) is 12.7. The molecule has 0 aliphatic carbocycles. The molecule has 2 saturated heterocycles. The topological polar surface area (TPSA) is 72.9 Å². The number of nitrogens with zero attached hydrogens (tertiary/aromatic N) is 2. The van der Waals surface area contributed by atoms with Crippen LogP contribution in [0.1, 0.15) is 36.0 Å². The molecule has 3 atom stereocenters. The molecule has 32 heavy (non-hydrogen) atoms. The van der Waals surface area contributed by atoms with Gasteiger partial charge in [-0.25, -0.2) is 9.18 Å². The fourth-order valence-corrected chi connectivity index (χ4v) is 4.46. The molecule has 2 aromatic rings. The maximum absolute atomic E-state index is 13.0. The molecule has 6 nitrogen and oxygen atoms in total. The van der Waals surface area contributed by atoms with E-state index in [1.165, 1.54) is 12.1 Å². The van der Waals surface area contributed by atoms with E-state index in [1.807, 2.05) is 31.2 Å². The zero-order chi connectivity index (χ0) is 22.7. The molecule has 0 saturated carbocycles. The molecule has 4 rings (SSSR count). The maximum atomic E-state index is 13.0. The van der Waals surface area contributed by atoms with Gasteiger partial charge in [-0.3, -0.25) is 4.79 Å². The van der Waals surface area contributed by atoms with Crippen LogP contribution in [0.2, 0.25) is 0 Å². The van der Waals surface area contributed by atoms with Crippen molar-refractivity contribution in [2.45, 2.75) is 31.3 Å². The first-order chi connectivity index (χ1) is 15.5. The molecule has 2 heterocycles. The standard InChI is InChI=1S/C25H26FN3O3/c1-2-13-27-25(32)28-14-21-24(22(16-30)29(21)23(31)15-28)19-9-5-17(6-10-19)3-4-18-7-11-20(26)12-8-18/h5-12,21-22,24,30H,2,13-16H2,1H3,(H,27,32)/t21-,22-,24-/m0/s1. The Morgan fingerprint density at radius 1 is 1.12 bits per heavy atom. The minimum atomic E-state index is -0.296. The number of carbonyl (C=O) groups is 2. The van der Waals surface area contributed by atoms with Crippen LogP contribution < -0.4 is 5.32 Å². The third kappa shape index (κ3) is 4.32. The summed E-state index contributed by atoms with van der Waals surface area (Å²) in [5.41, 5.74) is 2.55. The van der Waals surface area contributed by atoms with E-state index in [0.717, 1.165) is 23.1 Å². The Morgan fingerprint density at radius 2 is 1.75 bits per heavy atom. The van der Waals surface area contributed by atoms with Crippen LogP contribution in [0.5, 0.6) is 0 Å². The number of fused-ring (bicyclic) bond motifs is 1. The number of hydrogen-bond donors (Lipinski definition) is 2. The molecular formula is C25H26FN3O3. The molecule has 2 aliphatic rings. The fourth-order valence-electron chi connectivity index (χ4n) is 4.46. The van der Waals surface area contributed by atoms with Crippen molar-refractivity contribution in [3.05, 3.63) is 71.0 Å². The molecule has 2 aromatic carbocycles. The number of nitrogens with one attached hydrogen (secondary N) is 1. The number of urea groups is 1. The Hall–Kier alpha value is -3.37. The minimum Gasteiger partial charge on any atom is -0.394 e. The van der Waals surface area contributed by atoms with Gasteiger partial charge in [0.25, 0.3) is 0 Å². The van der Waals surface area contributed by atoms with E-state index >= 15 is 0 Å². The van der Waals surface area contributed by atoms with Crippen LogP contribution in [0.15, 0.2) is 48.5 Å². The Bertz CT molecular complexity index is 1040. The molecule has 0 radical (unpaired) electrons. The normalized spacial score (nSPS) is 21.8. The molecule has 2 fully saturated rings. The monoisotopic (exact) mass is 435 g/mol. The van der Waals surface area contributed by atoms with Crippen LogP contribution in [0.3, 0.4) is 0 Å². The average molecular weight is 435 g/mol. The summed E-state index contributed by atoms with van der Waals surface area (Å²) in [5.74, 6) is 5.59. The van der Waals surface area contributed by atoms with Crippen LogP contribution >= 0.6 is 0 Å². The first-order valence-corrected chi connectivity index (χ1v) is 10.8. The third-order valence-electron chi connectivity index (χ3n) is 6.06. The lowest BCUT2D eigenvalue weighted by atomic mass is 9.73. The van der Waals surface area contributed by atoms with Crippen molar-refractivity contribution in [3.63, 3.8) is 0 Å². The highest BCUT2D eigenvalue weighted by Gasteiger charge is 2.54. The number of aliphatic hydroxyl groups is 1. The van der Waals surface area contributed by atoms with Gasteiger partial charge >= 0.3 is 6.03 Å². The van der Waals surface area contributed by atoms with Gasteiger partial charge in [-0.2, -0.15) is 0 Å². The number of benzene rings is 2. The molecule has 0 bridgehead atoms. The van der Waals surface area contributed by atoms with E-state index in [4.69, 9.17) is 0 Å². The zero-order valence-corrected chi connectivity index (χ0v) is 17.9. The fraction of sp³-hybridized carbons (Fsp3) is 0.360.